The van der Waals surface area contributed by atoms with Gasteiger partial charge < -0.3 is 10.1 Å². The molecule has 2 aliphatic rings. The molecule has 2 unspecified atom stereocenters. The number of ether oxygens (including phenoxy) is 1. The molecule has 2 aliphatic heterocycles. The molecule has 170 valence electrons. The van der Waals surface area contributed by atoms with Crippen LogP contribution in [0.15, 0.2) is 53.4 Å². The number of rotatable bonds is 6. The molecule has 0 spiro atoms. The van der Waals surface area contributed by atoms with E-state index in [1.54, 1.807) is 4.31 Å². The summed E-state index contributed by atoms with van der Waals surface area (Å²) in [6.45, 7) is 1.97. The quantitative estimate of drug-likeness (QED) is 0.649. The van der Waals surface area contributed by atoms with Gasteiger partial charge in [0.25, 0.3) is 5.91 Å². The van der Waals surface area contributed by atoms with Gasteiger partial charge in [0.2, 0.25) is 10.0 Å². The van der Waals surface area contributed by atoms with Crippen molar-refractivity contribution in [1.29, 1.82) is 0 Å². The zero-order valence-corrected chi connectivity index (χ0v) is 18.9. The Morgan fingerprint density at radius 3 is 2.53 bits per heavy atom. The van der Waals surface area contributed by atoms with Gasteiger partial charge >= 0.3 is 6.03 Å². The van der Waals surface area contributed by atoms with Crippen molar-refractivity contribution in [3.8, 4) is 5.75 Å². The topological polar surface area (TPSA) is 105 Å². The van der Waals surface area contributed by atoms with E-state index < -0.39 is 27.5 Å². The molecule has 2 heterocycles. The average Bonchev–Trinajstić information content (AvgIpc) is 3.06. The Bertz CT molecular complexity index is 1140. The normalized spacial score (nSPS) is 24.1. The number of piperidine rings is 1. The van der Waals surface area contributed by atoms with Crippen LogP contribution in [-0.4, -0.2) is 44.4 Å². The minimum absolute atomic E-state index is 0.0726. The van der Waals surface area contributed by atoms with Crippen LogP contribution in [0.4, 0.5) is 4.79 Å². The highest BCUT2D eigenvalue weighted by atomic mass is 32.2. The van der Waals surface area contributed by atoms with Crippen LogP contribution in [0.1, 0.15) is 37.3 Å². The Morgan fingerprint density at radius 2 is 1.88 bits per heavy atom. The van der Waals surface area contributed by atoms with E-state index in [0.29, 0.717) is 24.3 Å². The van der Waals surface area contributed by atoms with E-state index in [4.69, 9.17) is 4.74 Å². The van der Waals surface area contributed by atoms with Crippen LogP contribution < -0.4 is 15.4 Å². The lowest BCUT2D eigenvalue weighted by Crippen LogP contribution is -2.45. The number of nitrogens with zero attached hydrogens (tertiary/aromatic N) is 1. The maximum Gasteiger partial charge on any atom is 0.322 e. The van der Waals surface area contributed by atoms with Crippen molar-refractivity contribution in [2.45, 2.75) is 49.1 Å². The van der Waals surface area contributed by atoms with E-state index in [0.717, 1.165) is 24.8 Å². The lowest BCUT2D eigenvalue weighted by atomic mass is 9.91. The van der Waals surface area contributed by atoms with E-state index >= 15 is 0 Å². The molecular weight excluding hydrogens is 430 g/mol. The van der Waals surface area contributed by atoms with Crippen LogP contribution in [0.2, 0.25) is 0 Å². The van der Waals surface area contributed by atoms with E-state index in [-0.39, 0.29) is 10.9 Å². The third-order valence-electron chi connectivity index (χ3n) is 6.25. The van der Waals surface area contributed by atoms with Gasteiger partial charge in [0.1, 0.15) is 11.3 Å². The predicted octanol–water partition coefficient (Wildman–Crippen LogP) is 2.54. The molecule has 32 heavy (non-hydrogen) atoms. The number of carbonyl (C=O) groups excluding carboxylic acids is 2. The molecule has 3 amide bonds. The standard InChI is InChI=1S/C23H27N3O5S/c1-23(21(27)24-22(28)25-23)19-15-18(11-12-20(19)31-2)32(29,30)26-13-7-6-10-17(26)14-16-8-4-3-5-9-16/h3-5,8-9,11-12,15,17H,6-7,10,13-14H2,1-2H3,(H2,24,25,27,28). The fourth-order valence-electron chi connectivity index (χ4n) is 4.49. The van der Waals surface area contributed by atoms with Crippen LogP contribution >= 0.6 is 0 Å². The maximum absolute atomic E-state index is 13.7. The molecule has 2 saturated heterocycles. The Kier molecular flexibility index (Phi) is 5.96. The summed E-state index contributed by atoms with van der Waals surface area (Å²) in [6.07, 6.45) is 3.19. The number of carbonyl (C=O) groups is 2. The number of hydrogen-bond donors (Lipinski definition) is 2. The van der Waals surface area contributed by atoms with Crippen molar-refractivity contribution in [2.75, 3.05) is 13.7 Å². The second kappa shape index (κ2) is 8.55. The van der Waals surface area contributed by atoms with Gasteiger partial charge in [-0.15, -0.1) is 0 Å². The molecule has 0 saturated carbocycles. The summed E-state index contributed by atoms with van der Waals surface area (Å²) in [5.41, 5.74) is -0.0480. The van der Waals surface area contributed by atoms with Crippen LogP contribution in [0, 0.1) is 0 Å². The Hall–Kier alpha value is -2.91. The van der Waals surface area contributed by atoms with Gasteiger partial charge in [-0.25, -0.2) is 13.2 Å². The highest BCUT2D eigenvalue weighted by molar-refractivity contribution is 7.89. The number of amides is 3. The van der Waals surface area contributed by atoms with Crippen LogP contribution in [0.3, 0.4) is 0 Å². The van der Waals surface area contributed by atoms with Crippen molar-refractivity contribution in [3.05, 3.63) is 59.7 Å². The molecule has 2 aromatic rings. The van der Waals surface area contributed by atoms with Crippen molar-refractivity contribution in [3.63, 3.8) is 0 Å². The molecule has 2 N–H and O–H groups in total. The van der Waals surface area contributed by atoms with Crippen LogP contribution in [0.5, 0.6) is 5.75 Å². The summed E-state index contributed by atoms with van der Waals surface area (Å²) in [5.74, 6) is -0.237. The van der Waals surface area contributed by atoms with Gasteiger partial charge in [0, 0.05) is 18.2 Å². The second-order valence-corrected chi connectivity index (χ2v) is 10.2. The number of hydrogen-bond acceptors (Lipinski definition) is 5. The first-order chi connectivity index (χ1) is 15.3. The predicted molar refractivity (Wildman–Crippen MR) is 119 cm³/mol. The highest BCUT2D eigenvalue weighted by Gasteiger charge is 2.46. The number of benzene rings is 2. The molecule has 2 atom stereocenters. The zero-order valence-electron chi connectivity index (χ0n) is 18.1. The fraction of sp³-hybridized carbons (Fsp3) is 0.391. The van der Waals surface area contributed by atoms with Gasteiger partial charge in [-0.05, 0) is 49.9 Å². The molecule has 8 nitrogen and oxygen atoms in total. The number of sulfonamides is 1. The minimum atomic E-state index is -3.83. The highest BCUT2D eigenvalue weighted by Crippen LogP contribution is 2.36. The Morgan fingerprint density at radius 1 is 1.12 bits per heavy atom. The summed E-state index contributed by atoms with van der Waals surface area (Å²) in [5, 5.41) is 4.79. The molecule has 2 aromatic carbocycles. The van der Waals surface area contributed by atoms with Crippen LogP contribution in [0.25, 0.3) is 0 Å². The zero-order chi connectivity index (χ0) is 22.9. The van der Waals surface area contributed by atoms with Crippen molar-refractivity contribution in [1.82, 2.24) is 14.9 Å². The number of methoxy groups -OCH3 is 1. The summed E-state index contributed by atoms with van der Waals surface area (Å²) >= 11 is 0. The molecule has 0 aliphatic carbocycles. The number of nitrogens with one attached hydrogen (secondary N) is 2. The molecule has 4 rings (SSSR count). The Balaban J connectivity index is 1.71. The van der Waals surface area contributed by atoms with E-state index in [1.807, 2.05) is 30.3 Å². The first-order valence-corrected chi connectivity index (χ1v) is 12.1. The SMILES string of the molecule is COc1ccc(S(=O)(=O)N2CCCCC2Cc2ccccc2)cc1C1(C)NC(=O)NC1=O. The maximum atomic E-state index is 13.7. The summed E-state index contributed by atoms with van der Waals surface area (Å²) in [6, 6.07) is 13.5. The molecule has 0 aromatic heterocycles. The average molecular weight is 458 g/mol. The second-order valence-electron chi connectivity index (χ2n) is 8.35. The first-order valence-electron chi connectivity index (χ1n) is 10.6. The smallest absolute Gasteiger partial charge is 0.322 e. The molecule has 0 bridgehead atoms. The van der Waals surface area contributed by atoms with Crippen molar-refractivity contribution in [2.24, 2.45) is 0 Å². The molecule has 0 radical (unpaired) electrons. The summed E-state index contributed by atoms with van der Waals surface area (Å²) < 4.78 is 34.4. The number of imide groups is 1. The van der Waals surface area contributed by atoms with Gasteiger partial charge in [-0.1, -0.05) is 36.8 Å². The lowest BCUT2D eigenvalue weighted by Gasteiger charge is -2.35. The van der Waals surface area contributed by atoms with Gasteiger partial charge in [-0.2, -0.15) is 4.31 Å². The first kappa shape index (κ1) is 22.3. The van der Waals surface area contributed by atoms with Crippen molar-refractivity contribution < 1.29 is 22.7 Å². The lowest BCUT2D eigenvalue weighted by molar-refractivity contribution is -0.123. The molecular formula is C23H27N3O5S. The third kappa shape index (κ3) is 3.98. The van der Waals surface area contributed by atoms with Gasteiger partial charge in [-0.3, -0.25) is 10.1 Å². The minimum Gasteiger partial charge on any atom is -0.496 e. The number of urea groups is 1. The van der Waals surface area contributed by atoms with E-state index in [2.05, 4.69) is 10.6 Å². The Labute approximate surface area is 188 Å². The van der Waals surface area contributed by atoms with E-state index in [1.165, 1.54) is 32.2 Å². The summed E-state index contributed by atoms with van der Waals surface area (Å²) in [7, 11) is -2.40. The third-order valence-corrected chi connectivity index (χ3v) is 8.20. The van der Waals surface area contributed by atoms with Crippen LogP contribution in [-0.2, 0) is 26.8 Å². The summed E-state index contributed by atoms with van der Waals surface area (Å²) in [4.78, 5) is 24.3. The van der Waals surface area contributed by atoms with Gasteiger partial charge in [0.05, 0.1) is 12.0 Å². The molecule has 2 fully saturated rings. The fourth-order valence-corrected chi connectivity index (χ4v) is 6.21. The van der Waals surface area contributed by atoms with Crippen molar-refractivity contribution >= 4 is 22.0 Å². The van der Waals surface area contributed by atoms with Gasteiger partial charge in [0.15, 0.2) is 0 Å². The largest absolute Gasteiger partial charge is 0.496 e. The molecule has 9 heteroatoms. The monoisotopic (exact) mass is 457 g/mol. The van der Waals surface area contributed by atoms with E-state index in [9.17, 15) is 18.0 Å².